The molecular weight excluding hydrogens is 242 g/mol. The number of nitrogens with two attached hydrogens (primary N) is 1. The Morgan fingerprint density at radius 1 is 1.53 bits per heavy atom. The van der Waals surface area contributed by atoms with Gasteiger partial charge >= 0.3 is 0 Å². The van der Waals surface area contributed by atoms with E-state index >= 15 is 0 Å². The van der Waals surface area contributed by atoms with E-state index in [0.717, 1.165) is 10.1 Å². The zero-order valence-corrected chi connectivity index (χ0v) is 10.8. The van der Waals surface area contributed by atoms with Gasteiger partial charge in [-0.1, -0.05) is 16.5 Å². The Kier molecular flexibility index (Phi) is 5.64. The van der Waals surface area contributed by atoms with Crippen molar-refractivity contribution in [2.75, 3.05) is 31.7 Å². The topological polar surface area (TPSA) is 96.9 Å². The summed E-state index contributed by atoms with van der Waals surface area (Å²) in [5.74, 6) is 0.202. The van der Waals surface area contributed by atoms with Crippen LogP contribution in [0.1, 0.15) is 11.4 Å². The SMILES string of the molecule is COCCN(CCC(N)=NO)c1nnc(C)s1. The van der Waals surface area contributed by atoms with E-state index in [1.54, 1.807) is 7.11 Å². The highest BCUT2D eigenvalue weighted by atomic mass is 32.1. The van der Waals surface area contributed by atoms with Crippen LogP contribution >= 0.6 is 11.3 Å². The van der Waals surface area contributed by atoms with Crippen LogP contribution in [0.3, 0.4) is 0 Å². The molecule has 0 saturated heterocycles. The number of anilines is 1. The normalized spacial score (nSPS) is 11.8. The maximum Gasteiger partial charge on any atom is 0.208 e. The fraction of sp³-hybridized carbons (Fsp3) is 0.667. The van der Waals surface area contributed by atoms with Crippen LogP contribution in [0.25, 0.3) is 0 Å². The zero-order chi connectivity index (χ0) is 12.7. The summed E-state index contributed by atoms with van der Waals surface area (Å²) in [4.78, 5) is 2.01. The average molecular weight is 259 g/mol. The monoisotopic (exact) mass is 259 g/mol. The molecule has 0 unspecified atom stereocenters. The largest absolute Gasteiger partial charge is 0.409 e. The van der Waals surface area contributed by atoms with Crippen LogP contribution in [0.15, 0.2) is 5.16 Å². The highest BCUT2D eigenvalue weighted by molar-refractivity contribution is 7.15. The minimum atomic E-state index is 0.202. The minimum absolute atomic E-state index is 0.202. The molecule has 0 bridgehead atoms. The summed E-state index contributed by atoms with van der Waals surface area (Å²) in [6.45, 7) is 3.81. The van der Waals surface area contributed by atoms with Gasteiger partial charge in [-0.2, -0.15) is 0 Å². The first-order valence-corrected chi connectivity index (χ1v) is 5.99. The van der Waals surface area contributed by atoms with E-state index in [-0.39, 0.29) is 5.84 Å². The third-order valence-corrected chi connectivity index (χ3v) is 3.02. The van der Waals surface area contributed by atoms with Gasteiger partial charge in [0.2, 0.25) is 5.13 Å². The summed E-state index contributed by atoms with van der Waals surface area (Å²) in [5.41, 5.74) is 5.44. The molecule has 1 rings (SSSR count). The highest BCUT2D eigenvalue weighted by Crippen LogP contribution is 2.19. The second-order valence-electron chi connectivity index (χ2n) is 3.42. The lowest BCUT2D eigenvalue weighted by Crippen LogP contribution is -2.31. The van der Waals surface area contributed by atoms with Crippen molar-refractivity contribution >= 4 is 22.3 Å². The van der Waals surface area contributed by atoms with Gasteiger partial charge in [0.05, 0.1) is 6.61 Å². The van der Waals surface area contributed by atoms with Crippen LogP contribution < -0.4 is 10.6 Å². The van der Waals surface area contributed by atoms with Crippen molar-refractivity contribution in [3.05, 3.63) is 5.01 Å². The molecule has 0 spiro atoms. The van der Waals surface area contributed by atoms with Crippen molar-refractivity contribution in [2.24, 2.45) is 10.9 Å². The molecule has 8 heteroatoms. The fourth-order valence-electron chi connectivity index (χ4n) is 1.22. The summed E-state index contributed by atoms with van der Waals surface area (Å²) in [6, 6.07) is 0. The Hall–Kier alpha value is -1.41. The number of hydrogen-bond acceptors (Lipinski definition) is 7. The molecule has 1 heterocycles. The Labute approximate surface area is 104 Å². The van der Waals surface area contributed by atoms with Crippen LogP contribution in [0.4, 0.5) is 5.13 Å². The maximum atomic E-state index is 8.49. The lowest BCUT2D eigenvalue weighted by atomic mass is 10.3. The molecular formula is C9H17N5O2S. The van der Waals surface area contributed by atoms with Crippen molar-refractivity contribution in [2.45, 2.75) is 13.3 Å². The molecule has 0 atom stereocenters. The van der Waals surface area contributed by atoms with Crippen LogP contribution in [-0.4, -0.2) is 48.0 Å². The molecule has 17 heavy (non-hydrogen) atoms. The van der Waals surface area contributed by atoms with Crippen molar-refractivity contribution < 1.29 is 9.94 Å². The molecule has 0 aromatic carbocycles. The van der Waals surface area contributed by atoms with Gasteiger partial charge in [0.25, 0.3) is 0 Å². The van der Waals surface area contributed by atoms with Gasteiger partial charge in [0.1, 0.15) is 10.8 Å². The third kappa shape index (κ3) is 4.53. The van der Waals surface area contributed by atoms with Gasteiger partial charge in [0, 0.05) is 26.6 Å². The predicted molar refractivity (Wildman–Crippen MR) is 66.8 cm³/mol. The first-order valence-electron chi connectivity index (χ1n) is 5.17. The zero-order valence-electron chi connectivity index (χ0n) is 9.96. The number of aromatic nitrogens is 2. The van der Waals surface area contributed by atoms with E-state index in [0.29, 0.717) is 26.1 Å². The van der Waals surface area contributed by atoms with E-state index in [1.165, 1.54) is 11.3 Å². The first-order chi connectivity index (χ1) is 8.17. The number of hydrogen-bond donors (Lipinski definition) is 2. The molecule has 0 aliphatic heterocycles. The van der Waals surface area contributed by atoms with Crippen molar-refractivity contribution in [1.29, 1.82) is 0 Å². The second-order valence-corrected chi connectivity index (χ2v) is 4.58. The minimum Gasteiger partial charge on any atom is -0.409 e. The van der Waals surface area contributed by atoms with Crippen LogP contribution in [-0.2, 0) is 4.74 Å². The van der Waals surface area contributed by atoms with E-state index in [9.17, 15) is 0 Å². The number of oxime groups is 1. The molecule has 1 aromatic rings. The summed E-state index contributed by atoms with van der Waals surface area (Å²) < 4.78 is 5.04. The molecule has 3 N–H and O–H groups in total. The summed E-state index contributed by atoms with van der Waals surface area (Å²) in [7, 11) is 1.65. The summed E-state index contributed by atoms with van der Waals surface area (Å²) in [5, 5.41) is 21.2. The molecule has 0 radical (unpaired) electrons. The number of nitrogens with zero attached hydrogens (tertiary/aromatic N) is 4. The predicted octanol–water partition coefficient (Wildman–Crippen LogP) is 0.436. The van der Waals surface area contributed by atoms with Crippen LogP contribution in [0.5, 0.6) is 0 Å². The quantitative estimate of drug-likeness (QED) is 0.319. The Morgan fingerprint density at radius 2 is 2.29 bits per heavy atom. The van der Waals surface area contributed by atoms with Gasteiger partial charge in [-0.05, 0) is 6.92 Å². The van der Waals surface area contributed by atoms with Gasteiger partial charge in [-0.3, -0.25) is 0 Å². The van der Waals surface area contributed by atoms with Gasteiger partial charge in [-0.25, -0.2) is 0 Å². The van der Waals surface area contributed by atoms with Gasteiger partial charge in [0.15, 0.2) is 0 Å². The summed E-state index contributed by atoms with van der Waals surface area (Å²) >= 11 is 1.51. The molecule has 0 fully saturated rings. The molecule has 0 aliphatic carbocycles. The number of methoxy groups -OCH3 is 1. The number of amidine groups is 1. The van der Waals surface area contributed by atoms with Gasteiger partial charge in [-0.15, -0.1) is 10.2 Å². The maximum absolute atomic E-state index is 8.49. The Bertz CT molecular complexity index is 368. The molecule has 96 valence electrons. The van der Waals surface area contributed by atoms with E-state index in [1.807, 2.05) is 11.8 Å². The third-order valence-electron chi connectivity index (χ3n) is 2.12. The lowest BCUT2D eigenvalue weighted by molar-refractivity contribution is 0.205. The van der Waals surface area contributed by atoms with E-state index < -0.39 is 0 Å². The second kappa shape index (κ2) is 7.02. The van der Waals surface area contributed by atoms with Gasteiger partial charge < -0.3 is 20.6 Å². The number of ether oxygens (including phenoxy) is 1. The van der Waals surface area contributed by atoms with E-state index in [4.69, 9.17) is 15.7 Å². The smallest absolute Gasteiger partial charge is 0.208 e. The number of rotatable bonds is 7. The van der Waals surface area contributed by atoms with E-state index in [2.05, 4.69) is 15.4 Å². The fourth-order valence-corrected chi connectivity index (χ4v) is 1.96. The molecule has 0 aliphatic rings. The molecule has 0 amide bonds. The van der Waals surface area contributed by atoms with Crippen LogP contribution in [0.2, 0.25) is 0 Å². The average Bonchev–Trinajstić information content (AvgIpc) is 2.75. The standard InChI is InChI=1S/C9H17N5O2S/c1-7-11-12-9(17-7)14(5-6-16-2)4-3-8(10)13-15/h15H,3-6H2,1-2H3,(H2,10,13). The van der Waals surface area contributed by atoms with Crippen LogP contribution in [0, 0.1) is 6.92 Å². The Morgan fingerprint density at radius 3 is 2.82 bits per heavy atom. The highest BCUT2D eigenvalue weighted by Gasteiger charge is 2.11. The summed E-state index contributed by atoms with van der Waals surface area (Å²) in [6.07, 6.45) is 0.471. The first kappa shape index (κ1) is 13.7. The van der Waals surface area contributed by atoms with Crippen molar-refractivity contribution in [3.63, 3.8) is 0 Å². The molecule has 1 aromatic heterocycles. The molecule has 7 nitrogen and oxygen atoms in total. The van der Waals surface area contributed by atoms with Crippen molar-refractivity contribution in [1.82, 2.24) is 10.2 Å². The van der Waals surface area contributed by atoms with Crippen molar-refractivity contribution in [3.8, 4) is 0 Å². The lowest BCUT2D eigenvalue weighted by Gasteiger charge is -2.20. The number of aryl methyl sites for hydroxylation is 1. The molecule has 0 saturated carbocycles. The Balaban J connectivity index is 2.60.